The number of carbonyl (C=O) groups excluding carboxylic acids is 1. The van der Waals surface area contributed by atoms with E-state index in [0.29, 0.717) is 6.42 Å². The standard InChI is InChI=1S/C17H21F5O3/c1-6-7-17(4,5)24-8-16(2,3)15(23)25-14-12(21)10(19)9(18)11(20)13(14)22/h6-8H2,1-5H3. The lowest BCUT2D eigenvalue weighted by Crippen LogP contribution is -2.38. The van der Waals surface area contributed by atoms with Crippen LogP contribution in [0.2, 0.25) is 0 Å². The predicted octanol–water partition coefficient (Wildman–Crippen LogP) is 4.91. The van der Waals surface area contributed by atoms with Gasteiger partial charge >= 0.3 is 5.97 Å². The summed E-state index contributed by atoms with van der Waals surface area (Å²) in [4.78, 5) is 12.1. The van der Waals surface area contributed by atoms with Crippen molar-refractivity contribution in [2.75, 3.05) is 6.61 Å². The van der Waals surface area contributed by atoms with Gasteiger partial charge in [-0.2, -0.15) is 8.78 Å². The molecule has 0 N–H and O–H groups in total. The Labute approximate surface area is 143 Å². The number of hydrogen-bond acceptors (Lipinski definition) is 3. The third-order valence-electron chi connectivity index (χ3n) is 3.59. The van der Waals surface area contributed by atoms with E-state index in [1.807, 2.05) is 20.8 Å². The van der Waals surface area contributed by atoms with E-state index in [0.717, 1.165) is 6.42 Å². The van der Waals surface area contributed by atoms with Gasteiger partial charge in [0.2, 0.25) is 34.8 Å². The summed E-state index contributed by atoms with van der Waals surface area (Å²) in [6.07, 6.45) is 1.54. The van der Waals surface area contributed by atoms with Crippen molar-refractivity contribution in [3.63, 3.8) is 0 Å². The minimum atomic E-state index is -2.32. The van der Waals surface area contributed by atoms with Crippen LogP contribution in [0.5, 0.6) is 5.75 Å². The second-order valence-electron chi connectivity index (χ2n) is 6.97. The summed E-state index contributed by atoms with van der Waals surface area (Å²) in [6.45, 7) is 8.17. The predicted molar refractivity (Wildman–Crippen MR) is 80.6 cm³/mol. The van der Waals surface area contributed by atoms with E-state index in [-0.39, 0.29) is 6.61 Å². The quantitative estimate of drug-likeness (QED) is 0.226. The van der Waals surface area contributed by atoms with Crippen LogP contribution in [0.4, 0.5) is 22.0 Å². The first-order valence-corrected chi connectivity index (χ1v) is 7.71. The molecule has 0 saturated carbocycles. The highest BCUT2D eigenvalue weighted by molar-refractivity contribution is 5.78. The van der Waals surface area contributed by atoms with Gasteiger partial charge in [0, 0.05) is 0 Å². The summed E-state index contributed by atoms with van der Waals surface area (Å²) in [7, 11) is 0. The fourth-order valence-electron chi connectivity index (χ4n) is 2.01. The van der Waals surface area contributed by atoms with Gasteiger partial charge in [0.1, 0.15) is 0 Å². The first kappa shape index (κ1) is 21.3. The fraction of sp³-hybridized carbons (Fsp3) is 0.588. The van der Waals surface area contributed by atoms with Crippen molar-refractivity contribution >= 4 is 5.97 Å². The molecule has 0 amide bonds. The third-order valence-corrected chi connectivity index (χ3v) is 3.59. The first-order valence-electron chi connectivity index (χ1n) is 7.71. The molecule has 25 heavy (non-hydrogen) atoms. The SMILES string of the molecule is CCCC(C)(C)OCC(C)(C)C(=O)Oc1c(F)c(F)c(F)c(F)c1F. The van der Waals surface area contributed by atoms with E-state index >= 15 is 0 Å². The Kier molecular flexibility index (Phi) is 6.55. The summed E-state index contributed by atoms with van der Waals surface area (Å²) in [5.41, 5.74) is -1.91. The molecule has 0 bridgehead atoms. The molecule has 0 radical (unpaired) electrons. The van der Waals surface area contributed by atoms with E-state index in [1.165, 1.54) is 13.8 Å². The molecule has 0 unspecified atom stereocenters. The molecule has 142 valence electrons. The zero-order valence-electron chi connectivity index (χ0n) is 14.7. The lowest BCUT2D eigenvalue weighted by Gasteiger charge is -2.30. The molecule has 0 aliphatic rings. The molecule has 8 heteroatoms. The minimum absolute atomic E-state index is 0.159. The van der Waals surface area contributed by atoms with Crippen LogP contribution in [0.1, 0.15) is 47.5 Å². The van der Waals surface area contributed by atoms with Crippen LogP contribution >= 0.6 is 0 Å². The summed E-state index contributed by atoms with van der Waals surface area (Å²) in [6, 6.07) is 0. The fourth-order valence-corrected chi connectivity index (χ4v) is 2.01. The molecule has 0 atom stereocenters. The van der Waals surface area contributed by atoms with E-state index in [4.69, 9.17) is 4.74 Å². The summed E-state index contributed by atoms with van der Waals surface area (Å²) < 4.78 is 76.6. The van der Waals surface area contributed by atoms with Gasteiger partial charge < -0.3 is 9.47 Å². The van der Waals surface area contributed by atoms with Crippen LogP contribution < -0.4 is 4.74 Å². The van der Waals surface area contributed by atoms with Crippen LogP contribution in [-0.4, -0.2) is 18.2 Å². The summed E-state index contributed by atoms with van der Waals surface area (Å²) in [5.74, 6) is -13.9. The normalized spacial score (nSPS) is 12.4. The smallest absolute Gasteiger partial charge is 0.319 e. The Hall–Kier alpha value is -1.70. The Morgan fingerprint density at radius 3 is 1.76 bits per heavy atom. The number of esters is 1. The van der Waals surface area contributed by atoms with Gasteiger partial charge in [0.05, 0.1) is 17.6 Å². The Morgan fingerprint density at radius 2 is 1.32 bits per heavy atom. The molecule has 0 aliphatic carbocycles. The lowest BCUT2D eigenvalue weighted by atomic mass is 9.94. The van der Waals surface area contributed by atoms with Gasteiger partial charge in [-0.05, 0) is 34.1 Å². The van der Waals surface area contributed by atoms with Gasteiger partial charge in [-0.25, -0.2) is 13.2 Å². The van der Waals surface area contributed by atoms with Crippen molar-refractivity contribution in [1.82, 2.24) is 0 Å². The molecule has 0 saturated heterocycles. The van der Waals surface area contributed by atoms with Crippen molar-refractivity contribution < 1.29 is 36.2 Å². The van der Waals surface area contributed by atoms with E-state index in [9.17, 15) is 26.7 Å². The maximum absolute atomic E-state index is 13.6. The second-order valence-corrected chi connectivity index (χ2v) is 6.97. The van der Waals surface area contributed by atoms with Crippen molar-refractivity contribution in [1.29, 1.82) is 0 Å². The van der Waals surface area contributed by atoms with Gasteiger partial charge in [-0.1, -0.05) is 13.3 Å². The van der Waals surface area contributed by atoms with Gasteiger partial charge in [-0.15, -0.1) is 0 Å². The first-order chi connectivity index (χ1) is 11.3. The molecule has 0 heterocycles. The zero-order chi connectivity index (χ0) is 19.6. The monoisotopic (exact) mass is 368 g/mol. The highest BCUT2D eigenvalue weighted by Crippen LogP contribution is 2.31. The van der Waals surface area contributed by atoms with Crippen molar-refractivity contribution in [2.24, 2.45) is 5.41 Å². The Bertz CT molecular complexity index is 627. The third kappa shape index (κ3) is 4.90. The van der Waals surface area contributed by atoms with Crippen molar-refractivity contribution in [3.05, 3.63) is 29.1 Å². The average Bonchev–Trinajstić information content (AvgIpc) is 2.53. The molecule has 0 fully saturated rings. The van der Waals surface area contributed by atoms with E-state index < -0.39 is 51.8 Å². The number of halogens is 5. The maximum Gasteiger partial charge on any atom is 0.319 e. The van der Waals surface area contributed by atoms with Crippen LogP contribution in [0, 0.1) is 34.5 Å². The molecule has 3 nitrogen and oxygen atoms in total. The maximum atomic E-state index is 13.6. The van der Waals surface area contributed by atoms with Crippen LogP contribution in [0.3, 0.4) is 0 Å². The van der Waals surface area contributed by atoms with Crippen LogP contribution in [-0.2, 0) is 9.53 Å². The lowest BCUT2D eigenvalue weighted by molar-refractivity contribution is -0.152. The number of rotatable bonds is 7. The summed E-state index contributed by atoms with van der Waals surface area (Å²) in [5, 5.41) is 0. The number of benzene rings is 1. The molecule has 1 aromatic rings. The second kappa shape index (κ2) is 7.68. The molecule has 1 aromatic carbocycles. The summed E-state index contributed by atoms with van der Waals surface area (Å²) >= 11 is 0. The largest absolute Gasteiger partial charge is 0.420 e. The molecule has 1 rings (SSSR count). The molecule has 0 aliphatic heterocycles. The zero-order valence-corrected chi connectivity index (χ0v) is 14.7. The highest BCUT2D eigenvalue weighted by Gasteiger charge is 2.36. The van der Waals surface area contributed by atoms with Gasteiger partial charge in [-0.3, -0.25) is 4.79 Å². The van der Waals surface area contributed by atoms with Crippen molar-refractivity contribution in [2.45, 2.75) is 53.1 Å². The topological polar surface area (TPSA) is 35.5 Å². The van der Waals surface area contributed by atoms with E-state index in [1.54, 1.807) is 0 Å². The molecule has 0 aromatic heterocycles. The highest BCUT2D eigenvalue weighted by atomic mass is 19.2. The number of hydrogen-bond donors (Lipinski definition) is 0. The Morgan fingerprint density at radius 1 is 0.880 bits per heavy atom. The van der Waals surface area contributed by atoms with Crippen LogP contribution in [0.25, 0.3) is 0 Å². The Balaban J connectivity index is 2.99. The molecule has 0 spiro atoms. The van der Waals surface area contributed by atoms with Gasteiger partial charge in [0.25, 0.3) is 0 Å². The number of carbonyl (C=O) groups is 1. The van der Waals surface area contributed by atoms with Gasteiger partial charge in [0.15, 0.2) is 0 Å². The van der Waals surface area contributed by atoms with E-state index in [2.05, 4.69) is 4.74 Å². The van der Waals surface area contributed by atoms with Crippen molar-refractivity contribution in [3.8, 4) is 5.75 Å². The average molecular weight is 368 g/mol. The van der Waals surface area contributed by atoms with Crippen LogP contribution in [0.15, 0.2) is 0 Å². The number of ether oxygens (including phenoxy) is 2. The molecular formula is C17H21F5O3. The molecular weight excluding hydrogens is 347 g/mol. The minimum Gasteiger partial charge on any atom is -0.420 e.